The standard InChI is InChI=1S/C13H14N2O2/c1-2-17-10-12(8-14)13(16)15-9-11-6-4-3-5-7-11/h3-7,10H,2,9H2,1H3,(H,15,16)/b12-10+. The van der Waals surface area contributed by atoms with Crippen molar-refractivity contribution < 1.29 is 9.53 Å². The molecule has 0 atom stereocenters. The Hall–Kier alpha value is -2.28. The van der Waals surface area contributed by atoms with Crippen molar-refractivity contribution in [1.29, 1.82) is 5.26 Å². The molecule has 1 aromatic rings. The molecule has 0 unspecified atom stereocenters. The van der Waals surface area contributed by atoms with Crippen molar-refractivity contribution in [3.63, 3.8) is 0 Å². The number of benzene rings is 1. The summed E-state index contributed by atoms with van der Waals surface area (Å²) >= 11 is 0. The maximum absolute atomic E-state index is 11.6. The molecule has 1 aromatic carbocycles. The second kappa shape index (κ2) is 7.07. The second-order valence-corrected chi connectivity index (χ2v) is 3.27. The molecular formula is C13H14N2O2. The molecule has 0 fully saturated rings. The van der Waals surface area contributed by atoms with E-state index in [9.17, 15) is 4.79 Å². The maximum atomic E-state index is 11.6. The van der Waals surface area contributed by atoms with Crippen molar-refractivity contribution in [3.8, 4) is 6.07 Å². The summed E-state index contributed by atoms with van der Waals surface area (Å²) in [5.74, 6) is -0.426. The highest BCUT2D eigenvalue weighted by atomic mass is 16.5. The minimum absolute atomic E-state index is 0.0252. The molecular weight excluding hydrogens is 216 g/mol. The zero-order valence-electron chi connectivity index (χ0n) is 9.64. The van der Waals surface area contributed by atoms with Gasteiger partial charge in [-0.2, -0.15) is 5.26 Å². The van der Waals surface area contributed by atoms with Gasteiger partial charge in [0.1, 0.15) is 12.3 Å². The van der Waals surface area contributed by atoms with E-state index in [1.807, 2.05) is 30.3 Å². The van der Waals surface area contributed by atoms with Crippen molar-refractivity contribution in [2.45, 2.75) is 13.5 Å². The molecule has 88 valence electrons. The molecule has 0 radical (unpaired) electrons. The fourth-order valence-corrected chi connectivity index (χ4v) is 1.17. The van der Waals surface area contributed by atoms with Gasteiger partial charge in [0.05, 0.1) is 6.61 Å². The normalized spacial score (nSPS) is 10.5. The zero-order valence-corrected chi connectivity index (χ0v) is 9.64. The maximum Gasteiger partial charge on any atom is 0.265 e. The number of carbonyl (C=O) groups is 1. The van der Waals surface area contributed by atoms with Gasteiger partial charge in [0, 0.05) is 6.54 Å². The molecule has 0 aliphatic carbocycles. The van der Waals surface area contributed by atoms with Gasteiger partial charge >= 0.3 is 0 Å². The summed E-state index contributed by atoms with van der Waals surface area (Å²) in [5.41, 5.74) is 0.956. The molecule has 0 aliphatic heterocycles. The quantitative estimate of drug-likeness (QED) is 0.476. The van der Waals surface area contributed by atoms with Crippen LogP contribution in [0.15, 0.2) is 42.2 Å². The van der Waals surface area contributed by atoms with Crippen molar-refractivity contribution in [1.82, 2.24) is 5.32 Å². The summed E-state index contributed by atoms with van der Waals surface area (Å²) in [5, 5.41) is 11.4. The van der Waals surface area contributed by atoms with Crippen LogP contribution in [-0.4, -0.2) is 12.5 Å². The number of nitriles is 1. The van der Waals surface area contributed by atoms with E-state index in [4.69, 9.17) is 10.00 Å². The van der Waals surface area contributed by atoms with Gasteiger partial charge in [-0.05, 0) is 12.5 Å². The molecule has 0 bridgehead atoms. The summed E-state index contributed by atoms with van der Waals surface area (Å²) < 4.78 is 4.91. The molecule has 1 rings (SSSR count). The van der Waals surface area contributed by atoms with Crippen LogP contribution in [0.3, 0.4) is 0 Å². The Bertz CT molecular complexity index is 432. The lowest BCUT2D eigenvalue weighted by atomic mass is 10.2. The topological polar surface area (TPSA) is 62.1 Å². The highest BCUT2D eigenvalue weighted by Crippen LogP contribution is 1.99. The van der Waals surface area contributed by atoms with Crippen LogP contribution in [0.2, 0.25) is 0 Å². The third-order valence-electron chi connectivity index (χ3n) is 2.03. The number of amides is 1. The Morgan fingerprint density at radius 2 is 2.18 bits per heavy atom. The van der Waals surface area contributed by atoms with Gasteiger partial charge in [-0.15, -0.1) is 0 Å². The predicted molar refractivity (Wildman–Crippen MR) is 63.6 cm³/mol. The van der Waals surface area contributed by atoms with Gasteiger partial charge in [0.25, 0.3) is 5.91 Å². The van der Waals surface area contributed by atoms with E-state index < -0.39 is 5.91 Å². The summed E-state index contributed by atoms with van der Waals surface area (Å²) in [7, 11) is 0. The Balaban J connectivity index is 2.52. The van der Waals surface area contributed by atoms with E-state index in [0.29, 0.717) is 13.2 Å². The lowest BCUT2D eigenvalue weighted by molar-refractivity contribution is -0.117. The Morgan fingerprint density at radius 3 is 2.76 bits per heavy atom. The van der Waals surface area contributed by atoms with E-state index in [0.717, 1.165) is 5.56 Å². The minimum atomic E-state index is -0.426. The second-order valence-electron chi connectivity index (χ2n) is 3.27. The van der Waals surface area contributed by atoms with Gasteiger partial charge in [-0.1, -0.05) is 30.3 Å². The highest BCUT2D eigenvalue weighted by Gasteiger charge is 2.08. The first-order valence-electron chi connectivity index (χ1n) is 5.32. The van der Waals surface area contributed by atoms with Gasteiger partial charge in [-0.3, -0.25) is 4.79 Å². The van der Waals surface area contributed by atoms with Crippen LogP contribution in [0, 0.1) is 11.3 Å². The number of carbonyl (C=O) groups excluding carboxylic acids is 1. The Morgan fingerprint density at radius 1 is 1.47 bits per heavy atom. The van der Waals surface area contributed by atoms with Gasteiger partial charge in [-0.25, -0.2) is 0 Å². The lowest BCUT2D eigenvalue weighted by Crippen LogP contribution is -2.24. The highest BCUT2D eigenvalue weighted by molar-refractivity contribution is 5.96. The SMILES string of the molecule is CCO/C=C(\C#N)C(=O)NCc1ccccc1. The summed E-state index contributed by atoms with van der Waals surface area (Å²) in [6.45, 7) is 2.61. The van der Waals surface area contributed by atoms with E-state index in [1.54, 1.807) is 13.0 Å². The van der Waals surface area contributed by atoms with Crippen LogP contribution in [0.1, 0.15) is 12.5 Å². The predicted octanol–water partition coefficient (Wildman–Crippen LogP) is 1.75. The van der Waals surface area contributed by atoms with Gasteiger partial charge in [0.2, 0.25) is 0 Å². The number of hydrogen-bond donors (Lipinski definition) is 1. The van der Waals surface area contributed by atoms with E-state index in [1.165, 1.54) is 6.26 Å². The van der Waals surface area contributed by atoms with Crippen LogP contribution in [0.4, 0.5) is 0 Å². The van der Waals surface area contributed by atoms with E-state index >= 15 is 0 Å². The molecule has 0 heterocycles. The van der Waals surface area contributed by atoms with Crippen molar-refractivity contribution in [3.05, 3.63) is 47.7 Å². The van der Waals surface area contributed by atoms with Crippen LogP contribution >= 0.6 is 0 Å². The number of nitrogens with zero attached hydrogens (tertiary/aromatic N) is 1. The third kappa shape index (κ3) is 4.39. The number of nitrogens with one attached hydrogen (secondary N) is 1. The van der Waals surface area contributed by atoms with Crippen molar-refractivity contribution in [2.24, 2.45) is 0 Å². The van der Waals surface area contributed by atoms with Gasteiger partial charge in [0.15, 0.2) is 5.57 Å². The molecule has 0 saturated heterocycles. The van der Waals surface area contributed by atoms with Crippen molar-refractivity contribution >= 4 is 5.91 Å². The van der Waals surface area contributed by atoms with Crippen LogP contribution in [0.25, 0.3) is 0 Å². The monoisotopic (exact) mass is 230 g/mol. The molecule has 4 heteroatoms. The average molecular weight is 230 g/mol. The van der Waals surface area contributed by atoms with Gasteiger partial charge < -0.3 is 10.1 Å². The fourth-order valence-electron chi connectivity index (χ4n) is 1.17. The van der Waals surface area contributed by atoms with E-state index in [-0.39, 0.29) is 5.57 Å². The van der Waals surface area contributed by atoms with Crippen LogP contribution < -0.4 is 5.32 Å². The first-order valence-corrected chi connectivity index (χ1v) is 5.32. The third-order valence-corrected chi connectivity index (χ3v) is 2.03. The summed E-state index contributed by atoms with van der Waals surface area (Å²) in [6, 6.07) is 11.3. The van der Waals surface area contributed by atoms with Crippen molar-refractivity contribution in [2.75, 3.05) is 6.61 Å². The number of hydrogen-bond acceptors (Lipinski definition) is 3. The first-order chi connectivity index (χ1) is 8.27. The molecule has 0 aromatic heterocycles. The average Bonchev–Trinajstić information content (AvgIpc) is 2.38. The summed E-state index contributed by atoms with van der Waals surface area (Å²) in [4.78, 5) is 11.6. The summed E-state index contributed by atoms with van der Waals surface area (Å²) in [6.07, 6.45) is 1.18. The largest absolute Gasteiger partial charge is 0.500 e. The van der Waals surface area contributed by atoms with Crippen LogP contribution in [-0.2, 0) is 16.1 Å². The minimum Gasteiger partial charge on any atom is -0.500 e. The number of ether oxygens (including phenoxy) is 1. The zero-order chi connectivity index (χ0) is 12.5. The number of rotatable bonds is 5. The lowest BCUT2D eigenvalue weighted by Gasteiger charge is -2.04. The Labute approximate surface area is 101 Å². The fraction of sp³-hybridized carbons (Fsp3) is 0.231. The smallest absolute Gasteiger partial charge is 0.265 e. The van der Waals surface area contributed by atoms with E-state index in [2.05, 4.69) is 5.32 Å². The molecule has 0 saturated carbocycles. The molecule has 1 amide bonds. The molecule has 4 nitrogen and oxygen atoms in total. The molecule has 0 spiro atoms. The van der Waals surface area contributed by atoms with Crippen LogP contribution in [0.5, 0.6) is 0 Å². The Kier molecular flexibility index (Phi) is 5.32. The molecule has 1 N–H and O–H groups in total. The first kappa shape index (κ1) is 12.8. The molecule has 0 aliphatic rings. The molecule has 17 heavy (non-hydrogen) atoms.